The van der Waals surface area contributed by atoms with Crippen molar-refractivity contribution in [2.24, 2.45) is 5.41 Å². The minimum absolute atomic E-state index is 0.0708. The third kappa shape index (κ3) is 3.84. The molecular formula is C21H28N2O4. The number of aliphatic carboxylic acids is 1. The van der Waals surface area contributed by atoms with E-state index in [1.54, 1.807) is 6.92 Å². The van der Waals surface area contributed by atoms with E-state index in [0.29, 0.717) is 26.1 Å². The molecule has 1 unspecified atom stereocenters. The Labute approximate surface area is 160 Å². The molecule has 2 aliphatic heterocycles. The molecule has 6 heteroatoms. The highest BCUT2D eigenvalue weighted by Gasteiger charge is 2.44. The van der Waals surface area contributed by atoms with Crippen molar-refractivity contribution in [3.63, 3.8) is 0 Å². The normalized spacial score (nSPS) is 20.6. The summed E-state index contributed by atoms with van der Waals surface area (Å²) in [5, 5.41) is 9.28. The smallest absolute Gasteiger partial charge is 0.326 e. The number of rotatable bonds is 4. The van der Waals surface area contributed by atoms with Crippen molar-refractivity contribution in [1.82, 2.24) is 9.80 Å². The predicted octanol–water partition coefficient (Wildman–Crippen LogP) is 2.57. The van der Waals surface area contributed by atoms with Gasteiger partial charge >= 0.3 is 5.97 Å². The molecule has 1 atom stereocenters. The van der Waals surface area contributed by atoms with Crippen LogP contribution in [0, 0.1) is 5.41 Å². The maximum atomic E-state index is 12.9. The molecule has 0 aromatic heterocycles. The van der Waals surface area contributed by atoms with Crippen molar-refractivity contribution in [2.75, 3.05) is 19.6 Å². The Balaban J connectivity index is 1.68. The average molecular weight is 372 g/mol. The lowest BCUT2D eigenvalue weighted by Gasteiger charge is -2.48. The summed E-state index contributed by atoms with van der Waals surface area (Å²) in [5.74, 6) is -0.972. The number of aryl methyl sites for hydroxylation is 1. The number of likely N-dealkylation sites (tertiary alicyclic amines) is 2. The molecule has 6 nitrogen and oxygen atoms in total. The van der Waals surface area contributed by atoms with Crippen LogP contribution < -0.4 is 0 Å². The summed E-state index contributed by atoms with van der Waals surface area (Å²) < 4.78 is 0. The second-order valence-electron chi connectivity index (χ2n) is 7.84. The summed E-state index contributed by atoms with van der Waals surface area (Å²) in [6, 6.07) is 6.94. The summed E-state index contributed by atoms with van der Waals surface area (Å²) in [6.07, 6.45) is 3.61. The van der Waals surface area contributed by atoms with Gasteiger partial charge in [0.1, 0.15) is 6.04 Å². The van der Waals surface area contributed by atoms with Gasteiger partial charge in [0.2, 0.25) is 5.91 Å². The molecule has 0 aliphatic carbocycles. The van der Waals surface area contributed by atoms with Crippen molar-refractivity contribution in [1.29, 1.82) is 0 Å². The number of hydrogen-bond acceptors (Lipinski definition) is 3. The highest BCUT2D eigenvalue weighted by atomic mass is 16.4. The second kappa shape index (κ2) is 7.71. The zero-order chi connectivity index (χ0) is 19.6. The lowest BCUT2D eigenvalue weighted by atomic mass is 9.72. The highest BCUT2D eigenvalue weighted by molar-refractivity contribution is 5.95. The molecule has 2 saturated heterocycles. The van der Waals surface area contributed by atoms with Crippen LogP contribution in [0.1, 0.15) is 55.5 Å². The van der Waals surface area contributed by atoms with E-state index < -0.39 is 12.0 Å². The third-order valence-electron chi connectivity index (χ3n) is 6.26. The lowest BCUT2D eigenvalue weighted by molar-refractivity contribution is -0.154. The Morgan fingerprint density at radius 3 is 2.48 bits per heavy atom. The van der Waals surface area contributed by atoms with Gasteiger partial charge in [0.25, 0.3) is 5.91 Å². The fourth-order valence-corrected chi connectivity index (χ4v) is 4.33. The number of amides is 2. The van der Waals surface area contributed by atoms with Crippen LogP contribution in [-0.2, 0) is 16.0 Å². The van der Waals surface area contributed by atoms with E-state index in [0.717, 1.165) is 36.8 Å². The van der Waals surface area contributed by atoms with Gasteiger partial charge in [-0.3, -0.25) is 9.59 Å². The summed E-state index contributed by atoms with van der Waals surface area (Å²) in [5.41, 5.74) is 1.77. The van der Waals surface area contributed by atoms with Gasteiger partial charge in [0.05, 0.1) is 0 Å². The van der Waals surface area contributed by atoms with E-state index in [2.05, 4.69) is 6.92 Å². The summed E-state index contributed by atoms with van der Waals surface area (Å²) in [4.78, 5) is 39.9. The molecule has 0 radical (unpaired) electrons. The van der Waals surface area contributed by atoms with Crippen molar-refractivity contribution < 1.29 is 19.5 Å². The Morgan fingerprint density at radius 1 is 1.19 bits per heavy atom. The van der Waals surface area contributed by atoms with Gasteiger partial charge < -0.3 is 14.9 Å². The quantitative estimate of drug-likeness (QED) is 0.881. The Hall–Kier alpha value is -2.37. The number of benzene rings is 1. The first-order valence-electron chi connectivity index (χ1n) is 9.76. The van der Waals surface area contributed by atoms with Crippen LogP contribution in [0.4, 0.5) is 0 Å². The predicted molar refractivity (Wildman–Crippen MR) is 101 cm³/mol. The number of nitrogens with zero attached hydrogens (tertiary/aromatic N) is 2. The average Bonchev–Trinajstić information content (AvgIpc) is 2.69. The molecule has 146 valence electrons. The lowest BCUT2D eigenvalue weighted by Crippen LogP contribution is -2.55. The molecule has 1 N–H and O–H groups in total. The molecule has 3 rings (SSSR count). The standard InChI is InChI=1S/C21H28N2O4/c1-3-16-6-4-5-7-17(16)19(25)22-12-10-21(11-13-22)9-8-18(24)23(14-21)15(2)20(26)27/h4-7,15H,3,8-14H2,1-2H3,(H,26,27). The van der Waals surface area contributed by atoms with Crippen LogP contribution in [-0.4, -0.2) is 58.4 Å². The van der Waals surface area contributed by atoms with Crippen molar-refractivity contribution >= 4 is 17.8 Å². The van der Waals surface area contributed by atoms with Crippen LogP contribution in [0.5, 0.6) is 0 Å². The van der Waals surface area contributed by atoms with Gasteiger partial charge in [-0.05, 0) is 49.7 Å². The second-order valence-corrected chi connectivity index (χ2v) is 7.84. The fourth-order valence-electron chi connectivity index (χ4n) is 4.33. The molecule has 0 bridgehead atoms. The number of piperidine rings is 2. The first kappa shape index (κ1) is 19.4. The van der Waals surface area contributed by atoms with E-state index >= 15 is 0 Å². The largest absolute Gasteiger partial charge is 0.480 e. The zero-order valence-electron chi connectivity index (χ0n) is 16.1. The van der Waals surface area contributed by atoms with Gasteiger partial charge in [-0.15, -0.1) is 0 Å². The van der Waals surface area contributed by atoms with Crippen molar-refractivity contribution in [3.05, 3.63) is 35.4 Å². The third-order valence-corrected chi connectivity index (χ3v) is 6.26. The molecule has 0 saturated carbocycles. The van der Waals surface area contributed by atoms with Crippen LogP contribution in [0.2, 0.25) is 0 Å². The minimum Gasteiger partial charge on any atom is -0.480 e. The number of carbonyl (C=O) groups is 3. The number of hydrogen-bond donors (Lipinski definition) is 1. The van der Waals surface area contributed by atoms with E-state index in [9.17, 15) is 19.5 Å². The monoisotopic (exact) mass is 372 g/mol. The van der Waals surface area contributed by atoms with Crippen LogP contribution in [0.15, 0.2) is 24.3 Å². The zero-order valence-corrected chi connectivity index (χ0v) is 16.1. The Morgan fingerprint density at radius 2 is 1.85 bits per heavy atom. The van der Waals surface area contributed by atoms with Crippen LogP contribution in [0.3, 0.4) is 0 Å². The molecule has 1 aromatic rings. The molecule has 27 heavy (non-hydrogen) atoms. The van der Waals surface area contributed by atoms with E-state index in [1.165, 1.54) is 4.90 Å². The van der Waals surface area contributed by atoms with Gasteiger partial charge in [-0.1, -0.05) is 25.1 Å². The first-order chi connectivity index (χ1) is 12.9. The molecule has 2 fully saturated rings. The van der Waals surface area contributed by atoms with Crippen molar-refractivity contribution in [2.45, 2.75) is 52.0 Å². The number of carbonyl (C=O) groups excluding carboxylic acids is 2. The van der Waals surface area contributed by atoms with E-state index in [-0.39, 0.29) is 17.2 Å². The van der Waals surface area contributed by atoms with E-state index in [4.69, 9.17) is 0 Å². The van der Waals surface area contributed by atoms with E-state index in [1.807, 2.05) is 29.2 Å². The highest BCUT2D eigenvalue weighted by Crippen LogP contribution is 2.41. The van der Waals surface area contributed by atoms with Crippen molar-refractivity contribution in [3.8, 4) is 0 Å². The van der Waals surface area contributed by atoms with Gasteiger partial charge in [-0.25, -0.2) is 4.79 Å². The molecule has 2 heterocycles. The van der Waals surface area contributed by atoms with Gasteiger partial charge in [0.15, 0.2) is 0 Å². The van der Waals surface area contributed by atoms with Gasteiger partial charge in [0, 0.05) is 31.6 Å². The van der Waals surface area contributed by atoms with Gasteiger partial charge in [-0.2, -0.15) is 0 Å². The minimum atomic E-state index is -0.968. The van der Waals surface area contributed by atoms with Crippen LogP contribution in [0.25, 0.3) is 0 Å². The fraction of sp³-hybridized carbons (Fsp3) is 0.571. The first-order valence-corrected chi connectivity index (χ1v) is 9.76. The topological polar surface area (TPSA) is 77.9 Å². The molecule has 1 spiro atoms. The molecule has 2 amide bonds. The number of carboxylic acids is 1. The molecule has 2 aliphatic rings. The molecule has 1 aromatic carbocycles. The number of carboxylic acid groups (broad SMARTS) is 1. The molecular weight excluding hydrogens is 344 g/mol. The maximum absolute atomic E-state index is 12.9. The maximum Gasteiger partial charge on any atom is 0.326 e. The summed E-state index contributed by atoms with van der Waals surface area (Å²) in [7, 11) is 0. The van der Waals surface area contributed by atoms with Crippen LogP contribution >= 0.6 is 0 Å². The summed E-state index contributed by atoms with van der Waals surface area (Å²) in [6.45, 7) is 5.40. The SMILES string of the molecule is CCc1ccccc1C(=O)N1CCC2(CCC(=O)N(C(C)C(=O)O)C2)CC1. The Bertz CT molecular complexity index is 737. The Kier molecular flexibility index (Phi) is 5.53. The summed E-state index contributed by atoms with van der Waals surface area (Å²) >= 11 is 0.